The number of imide groups is 1. The number of hydrogen-bond donors (Lipinski definition) is 1. The van der Waals surface area contributed by atoms with Gasteiger partial charge in [-0.2, -0.15) is 10.5 Å². The zero-order valence-corrected chi connectivity index (χ0v) is 7.65. The number of nitrogens with zero attached hydrogens (tertiary/aromatic N) is 2. The van der Waals surface area contributed by atoms with Gasteiger partial charge < -0.3 is 0 Å². The first-order valence-corrected chi connectivity index (χ1v) is 4.29. The van der Waals surface area contributed by atoms with Crippen molar-refractivity contribution in [3.63, 3.8) is 0 Å². The minimum absolute atomic E-state index is 0.468. The summed E-state index contributed by atoms with van der Waals surface area (Å²) in [5.41, 5.74) is 0. The van der Waals surface area contributed by atoms with Gasteiger partial charge in [-0.05, 0) is 6.42 Å². The summed E-state index contributed by atoms with van der Waals surface area (Å²) in [4.78, 5) is 22.4. The standard InChI is InChI=1S/C9H9N3O2/c1-2-5-6(3-10)8(13)12-9(14)7(5)4-11/h5-7H,2H2,1H3,(H,12,13,14)/t6-,7-/m0/s1. The van der Waals surface area contributed by atoms with E-state index in [1.807, 2.05) is 17.5 Å². The fourth-order valence-corrected chi connectivity index (χ4v) is 1.64. The third kappa shape index (κ3) is 1.45. The van der Waals surface area contributed by atoms with Crippen LogP contribution >= 0.6 is 0 Å². The van der Waals surface area contributed by atoms with Crippen LogP contribution in [0.1, 0.15) is 13.3 Å². The van der Waals surface area contributed by atoms with E-state index in [-0.39, 0.29) is 0 Å². The quantitative estimate of drug-likeness (QED) is 0.588. The summed E-state index contributed by atoms with van der Waals surface area (Å²) in [7, 11) is 0. The molecule has 1 rings (SSSR count). The predicted octanol–water partition coefficient (Wildman–Crippen LogP) is -0.0514. The average Bonchev–Trinajstić information content (AvgIpc) is 2.16. The molecule has 1 aliphatic heterocycles. The van der Waals surface area contributed by atoms with Crippen LogP contribution in [0, 0.1) is 40.4 Å². The zero-order valence-electron chi connectivity index (χ0n) is 7.65. The Labute approximate surface area is 81.3 Å². The highest BCUT2D eigenvalue weighted by atomic mass is 16.2. The highest BCUT2D eigenvalue weighted by Crippen LogP contribution is 2.28. The zero-order chi connectivity index (χ0) is 10.7. The van der Waals surface area contributed by atoms with Crippen molar-refractivity contribution < 1.29 is 9.59 Å². The molecular weight excluding hydrogens is 182 g/mol. The predicted molar refractivity (Wildman–Crippen MR) is 45.1 cm³/mol. The number of nitrogens with one attached hydrogen (secondary N) is 1. The second-order valence-corrected chi connectivity index (χ2v) is 3.14. The van der Waals surface area contributed by atoms with Crippen LogP contribution < -0.4 is 5.32 Å². The van der Waals surface area contributed by atoms with Gasteiger partial charge in [0.05, 0.1) is 12.1 Å². The molecule has 0 saturated carbocycles. The lowest BCUT2D eigenvalue weighted by Crippen LogP contribution is -2.50. The van der Waals surface area contributed by atoms with Crippen molar-refractivity contribution in [2.45, 2.75) is 13.3 Å². The van der Waals surface area contributed by atoms with Crippen molar-refractivity contribution in [3.05, 3.63) is 0 Å². The van der Waals surface area contributed by atoms with E-state index in [0.717, 1.165) is 0 Å². The normalized spacial score (nSPS) is 27.6. The van der Waals surface area contributed by atoms with Crippen molar-refractivity contribution in [1.29, 1.82) is 10.5 Å². The van der Waals surface area contributed by atoms with Gasteiger partial charge in [0.25, 0.3) is 0 Å². The Morgan fingerprint density at radius 2 is 1.64 bits per heavy atom. The Kier molecular flexibility index (Phi) is 2.83. The molecule has 72 valence electrons. The Bertz CT molecular complexity index is 318. The maximum Gasteiger partial charge on any atom is 0.244 e. The number of hydrogen-bond acceptors (Lipinski definition) is 4. The Morgan fingerprint density at radius 3 is 1.93 bits per heavy atom. The lowest BCUT2D eigenvalue weighted by molar-refractivity contribution is -0.139. The van der Waals surface area contributed by atoms with Gasteiger partial charge in [0.15, 0.2) is 0 Å². The molecule has 0 unspecified atom stereocenters. The number of carbonyl (C=O) groups is 2. The number of piperidine rings is 1. The molecule has 5 nitrogen and oxygen atoms in total. The fourth-order valence-electron chi connectivity index (χ4n) is 1.64. The first kappa shape index (κ1) is 10.2. The van der Waals surface area contributed by atoms with Crippen molar-refractivity contribution in [1.82, 2.24) is 5.32 Å². The summed E-state index contributed by atoms with van der Waals surface area (Å²) in [5.74, 6) is -3.43. The van der Waals surface area contributed by atoms with Crippen LogP contribution in [0.25, 0.3) is 0 Å². The van der Waals surface area contributed by atoms with Gasteiger partial charge >= 0.3 is 0 Å². The van der Waals surface area contributed by atoms with E-state index in [1.54, 1.807) is 6.92 Å². The number of nitriles is 2. The molecule has 0 aliphatic carbocycles. The molecule has 1 heterocycles. The molecule has 5 heteroatoms. The molecule has 14 heavy (non-hydrogen) atoms. The second kappa shape index (κ2) is 3.89. The molecule has 0 aromatic carbocycles. The molecule has 0 bridgehead atoms. The van der Waals surface area contributed by atoms with E-state index in [9.17, 15) is 9.59 Å². The SMILES string of the molecule is CCC1[C@H](C#N)C(=O)NC(=O)[C@H]1C#N. The molecule has 1 fully saturated rings. The van der Waals surface area contributed by atoms with Gasteiger partial charge in [0, 0.05) is 5.92 Å². The molecular formula is C9H9N3O2. The number of carbonyl (C=O) groups excluding carboxylic acids is 2. The van der Waals surface area contributed by atoms with Crippen molar-refractivity contribution in [2.75, 3.05) is 0 Å². The summed E-state index contributed by atoms with van der Waals surface area (Å²) in [6.45, 7) is 1.76. The fraction of sp³-hybridized carbons (Fsp3) is 0.556. The molecule has 1 saturated heterocycles. The van der Waals surface area contributed by atoms with E-state index in [0.29, 0.717) is 6.42 Å². The lowest BCUT2D eigenvalue weighted by Gasteiger charge is -2.28. The maximum absolute atomic E-state index is 11.2. The largest absolute Gasteiger partial charge is 0.294 e. The summed E-state index contributed by atoms with van der Waals surface area (Å²) >= 11 is 0. The van der Waals surface area contributed by atoms with Crippen LogP contribution in [0.2, 0.25) is 0 Å². The monoisotopic (exact) mass is 191 g/mol. The first-order valence-electron chi connectivity index (χ1n) is 4.29. The maximum atomic E-state index is 11.2. The average molecular weight is 191 g/mol. The van der Waals surface area contributed by atoms with Gasteiger partial charge in [0.1, 0.15) is 11.8 Å². The van der Waals surface area contributed by atoms with Crippen molar-refractivity contribution >= 4 is 11.8 Å². The topological polar surface area (TPSA) is 93.8 Å². The Balaban J connectivity index is 3.02. The van der Waals surface area contributed by atoms with E-state index in [2.05, 4.69) is 0 Å². The van der Waals surface area contributed by atoms with E-state index >= 15 is 0 Å². The highest BCUT2D eigenvalue weighted by molar-refractivity contribution is 6.02. The van der Waals surface area contributed by atoms with Crippen LogP contribution in [0.15, 0.2) is 0 Å². The first-order chi connectivity index (χ1) is 6.65. The summed E-state index contributed by atoms with van der Waals surface area (Å²) in [6.07, 6.45) is 0.468. The molecule has 1 aliphatic rings. The summed E-state index contributed by atoms with van der Waals surface area (Å²) in [6, 6.07) is 3.65. The minimum Gasteiger partial charge on any atom is -0.294 e. The van der Waals surface area contributed by atoms with Gasteiger partial charge in [0.2, 0.25) is 11.8 Å². The van der Waals surface area contributed by atoms with Crippen LogP contribution in [-0.2, 0) is 9.59 Å². The highest BCUT2D eigenvalue weighted by Gasteiger charge is 2.43. The Hall–Kier alpha value is -1.88. The molecule has 1 N–H and O–H groups in total. The van der Waals surface area contributed by atoms with Crippen LogP contribution in [0.4, 0.5) is 0 Å². The van der Waals surface area contributed by atoms with Gasteiger partial charge in [-0.1, -0.05) is 6.92 Å². The third-order valence-electron chi connectivity index (χ3n) is 2.42. The lowest BCUT2D eigenvalue weighted by atomic mass is 9.77. The van der Waals surface area contributed by atoms with Gasteiger partial charge in [-0.15, -0.1) is 0 Å². The van der Waals surface area contributed by atoms with Crippen molar-refractivity contribution in [2.24, 2.45) is 17.8 Å². The number of rotatable bonds is 1. The van der Waals surface area contributed by atoms with Crippen LogP contribution in [0.3, 0.4) is 0 Å². The van der Waals surface area contributed by atoms with Crippen LogP contribution in [0.5, 0.6) is 0 Å². The molecule has 0 aromatic rings. The molecule has 0 radical (unpaired) electrons. The minimum atomic E-state index is -0.887. The summed E-state index contributed by atoms with van der Waals surface area (Å²) in [5, 5.41) is 19.5. The second-order valence-electron chi connectivity index (χ2n) is 3.14. The Morgan fingerprint density at radius 1 is 1.21 bits per heavy atom. The molecule has 2 atom stereocenters. The molecule has 0 spiro atoms. The van der Waals surface area contributed by atoms with Gasteiger partial charge in [-0.25, -0.2) is 0 Å². The molecule has 0 aromatic heterocycles. The van der Waals surface area contributed by atoms with E-state index < -0.39 is 29.6 Å². The van der Waals surface area contributed by atoms with Crippen molar-refractivity contribution in [3.8, 4) is 12.1 Å². The van der Waals surface area contributed by atoms with Gasteiger partial charge in [-0.3, -0.25) is 14.9 Å². The number of amides is 2. The van der Waals surface area contributed by atoms with Crippen LogP contribution in [-0.4, -0.2) is 11.8 Å². The smallest absolute Gasteiger partial charge is 0.244 e. The third-order valence-corrected chi connectivity index (χ3v) is 2.42. The van der Waals surface area contributed by atoms with E-state index in [4.69, 9.17) is 10.5 Å². The molecule has 2 amide bonds. The summed E-state index contributed by atoms with van der Waals surface area (Å²) < 4.78 is 0. The van der Waals surface area contributed by atoms with E-state index in [1.165, 1.54) is 0 Å².